The van der Waals surface area contributed by atoms with Gasteiger partial charge in [0.25, 0.3) is 0 Å². The maximum absolute atomic E-state index is 6.46. The van der Waals surface area contributed by atoms with Gasteiger partial charge in [0.1, 0.15) is 23.9 Å². The molecule has 20 aromatic carbocycles. The molecule has 4 unspecified atom stereocenters. The lowest BCUT2D eigenvalue weighted by Gasteiger charge is -2.34. The molecule has 4 aliphatic rings. The second-order valence-electron chi connectivity index (χ2n) is 39.6. The first kappa shape index (κ1) is 88.6. The van der Waals surface area contributed by atoms with Crippen molar-refractivity contribution in [3.8, 4) is 106 Å². The predicted molar refractivity (Wildman–Crippen MR) is 588 cm³/mol. The van der Waals surface area contributed by atoms with Gasteiger partial charge in [-0.25, -0.2) is 0 Å². The van der Waals surface area contributed by atoms with E-state index >= 15 is 0 Å². The minimum Gasteiger partial charge on any atom is -0.489 e. The predicted octanol–water partition coefficient (Wildman–Crippen LogP) is 36.7. The Hall–Kier alpha value is -16.4. The lowest BCUT2D eigenvalue weighted by Crippen LogP contribution is -2.28. The highest BCUT2D eigenvalue weighted by Crippen LogP contribution is 2.61. The number of nitrogens with zero attached hydrogens (tertiary/aromatic N) is 2. The summed E-state index contributed by atoms with van der Waals surface area (Å²) in [6.07, 6.45) is 2.24. The van der Waals surface area contributed by atoms with Gasteiger partial charge in [0.2, 0.25) is 0 Å². The van der Waals surface area contributed by atoms with Crippen molar-refractivity contribution in [2.45, 2.75) is 108 Å². The lowest BCUT2D eigenvalue weighted by molar-refractivity contribution is 0.306. The van der Waals surface area contributed by atoms with Gasteiger partial charge in [-0.1, -0.05) is 419 Å². The van der Waals surface area contributed by atoms with E-state index in [-0.39, 0.29) is 10.8 Å². The van der Waals surface area contributed by atoms with Gasteiger partial charge in [0.15, 0.2) is 0 Å². The molecule has 4 heteroatoms. The van der Waals surface area contributed by atoms with Gasteiger partial charge in [-0.15, -0.1) is 0 Å². The van der Waals surface area contributed by atoms with Crippen molar-refractivity contribution < 1.29 is 9.47 Å². The number of hydrogen-bond acceptors (Lipinski definition) is 4. The summed E-state index contributed by atoms with van der Waals surface area (Å²) < 4.78 is 12.9. The number of anilines is 6. The van der Waals surface area contributed by atoms with E-state index in [0.717, 1.165) is 69.8 Å². The summed E-state index contributed by atoms with van der Waals surface area (Å²) in [5.41, 5.74) is 44.6. The molecule has 0 saturated heterocycles. The van der Waals surface area contributed by atoms with Gasteiger partial charge in [0, 0.05) is 45.0 Å². The molecule has 4 atom stereocenters. The van der Waals surface area contributed by atoms with Crippen LogP contribution in [0.2, 0.25) is 0 Å². The first-order chi connectivity index (χ1) is 69.1. The van der Waals surface area contributed by atoms with E-state index in [1.54, 1.807) is 0 Å². The molecule has 0 aromatic heterocycles. The smallest absolute Gasteiger partial charge is 0.127 e. The van der Waals surface area contributed by atoms with Crippen LogP contribution in [0.5, 0.6) is 17.2 Å². The highest BCUT2D eigenvalue weighted by atomic mass is 16.5. The van der Waals surface area contributed by atoms with Crippen LogP contribution in [0.3, 0.4) is 0 Å². The van der Waals surface area contributed by atoms with E-state index in [0.29, 0.717) is 18.4 Å². The molecule has 0 aliphatic heterocycles. The molecular formula is C137H112N2O2. The number of rotatable bonds is 23. The summed E-state index contributed by atoms with van der Waals surface area (Å²) in [5, 5.41) is 0. The zero-order valence-electron chi connectivity index (χ0n) is 81.2. The average molecular weight is 1820 g/mol. The van der Waals surface area contributed by atoms with Crippen molar-refractivity contribution >= 4 is 34.1 Å². The van der Waals surface area contributed by atoms with E-state index in [4.69, 9.17) is 9.47 Å². The van der Waals surface area contributed by atoms with Crippen molar-refractivity contribution in [2.75, 3.05) is 9.80 Å². The molecule has 0 amide bonds. The normalized spacial score (nSPS) is 15.3. The Morgan fingerprint density at radius 2 is 0.475 bits per heavy atom. The van der Waals surface area contributed by atoms with Crippen molar-refractivity contribution in [3.05, 3.63) is 569 Å². The molecule has 0 bridgehead atoms. The second kappa shape index (κ2) is 36.8. The van der Waals surface area contributed by atoms with Crippen LogP contribution in [0, 0.1) is 0 Å². The van der Waals surface area contributed by atoms with Crippen LogP contribution in [0.15, 0.2) is 485 Å². The molecule has 0 fully saturated rings. The fourth-order valence-electron chi connectivity index (χ4n) is 23.1. The van der Waals surface area contributed by atoms with Gasteiger partial charge < -0.3 is 19.3 Å². The Morgan fingerprint density at radius 3 is 0.844 bits per heavy atom. The van der Waals surface area contributed by atoms with Gasteiger partial charge >= 0.3 is 0 Å². The van der Waals surface area contributed by atoms with Gasteiger partial charge in [-0.3, -0.25) is 0 Å². The molecule has 0 spiro atoms. The largest absolute Gasteiger partial charge is 0.489 e. The molecule has 0 saturated carbocycles. The summed E-state index contributed by atoms with van der Waals surface area (Å²) in [4.78, 5) is 4.82. The maximum atomic E-state index is 6.46. The zero-order valence-corrected chi connectivity index (χ0v) is 81.2. The Morgan fingerprint density at radius 1 is 0.213 bits per heavy atom. The molecule has 4 aliphatic carbocycles. The molecule has 24 rings (SSSR count). The number of benzene rings is 20. The minimum atomic E-state index is -0.552. The SMILES string of the molecule is CCC(C)c1ccc(COc2ccc(C3(c4ccccc4)c4ccccc4-c4ccc(-c5ccc(N(c6ccc(-c7ccccc7)cc6)c6ccc7c(c6)C(C)(C)c6ccccc6-7)cc5)cc43)cc2)cc1.CCC(C)c1ccc(Oc2ccc(C3(c4ccccc4)c4ccccc4-c4ccc(-c5ccc(N(c6ccc(-c7ccccc7)cc6)c6ccc7c(c6)C(C)(C)c6ccccc6-7)cc5)cc43)cc2)cc1. The van der Waals surface area contributed by atoms with Gasteiger partial charge in [-0.05, 0) is 318 Å². The van der Waals surface area contributed by atoms with Crippen LogP contribution in [0.4, 0.5) is 34.1 Å². The molecule has 4 nitrogen and oxygen atoms in total. The first-order valence-electron chi connectivity index (χ1n) is 50.0. The van der Waals surface area contributed by atoms with Crippen LogP contribution in [-0.4, -0.2) is 0 Å². The van der Waals surface area contributed by atoms with Crippen molar-refractivity contribution in [2.24, 2.45) is 0 Å². The Bertz CT molecular complexity index is 7970. The molecule has 682 valence electrons. The van der Waals surface area contributed by atoms with Crippen molar-refractivity contribution in [1.29, 1.82) is 0 Å². The Labute approximate surface area is 830 Å². The van der Waals surface area contributed by atoms with E-state index in [2.05, 4.69) is 550 Å². The quantitative estimate of drug-likeness (QED) is 0.0637. The monoisotopic (exact) mass is 1820 g/mol. The highest BCUT2D eigenvalue weighted by molar-refractivity contribution is 5.94. The highest BCUT2D eigenvalue weighted by Gasteiger charge is 2.49. The summed E-state index contributed by atoms with van der Waals surface area (Å²) in [7, 11) is 0. The lowest BCUT2D eigenvalue weighted by atomic mass is 9.67. The standard InChI is InChI=1S/C69H57NO.C68H55NO/c1-5-47(2)49-26-24-48(25-27-49)46-71-59-40-33-55(34-41-59)69(54-18-10-7-11-19-54)65-23-15-13-21-61(65)63-42-32-53(44-67(63)69)52-30-37-57(38-31-52)70(56-35-28-51(29-36-56)50-16-8-6-9-17-50)58-39-43-62-60-20-12-14-22-64(60)68(3,4)66(62)45-58;1-5-46(2)47-28-38-57(39-29-47)70-58-40-31-53(32-41-58)68(52-18-10-7-11-19-52)64-23-15-13-21-60(64)62-42-30-51(44-66(62)68)50-26-35-55(36-27-50)69(54-33-24-49(25-34-54)48-16-8-6-9-17-48)56-37-43-61-59-20-12-14-22-63(59)67(3,4)65(61)45-56/h6-45,47H,5,46H2,1-4H3;6-46H,5H2,1-4H3. The number of ether oxygens (including phenoxy) is 2. The minimum absolute atomic E-state index is 0.118. The van der Waals surface area contributed by atoms with Crippen molar-refractivity contribution in [3.63, 3.8) is 0 Å². The number of hydrogen-bond donors (Lipinski definition) is 0. The fraction of sp³-hybridized carbons (Fsp3) is 0.124. The molecule has 0 heterocycles. The van der Waals surface area contributed by atoms with Crippen LogP contribution >= 0.6 is 0 Å². The Balaban J connectivity index is 0.000000157. The second-order valence-corrected chi connectivity index (χ2v) is 39.6. The molecule has 141 heavy (non-hydrogen) atoms. The van der Waals surface area contributed by atoms with E-state index in [1.807, 2.05) is 0 Å². The van der Waals surface area contributed by atoms with Crippen molar-refractivity contribution in [1.82, 2.24) is 0 Å². The fourth-order valence-corrected chi connectivity index (χ4v) is 23.1. The van der Waals surface area contributed by atoms with Gasteiger partial charge in [-0.2, -0.15) is 0 Å². The summed E-state index contributed by atoms with van der Waals surface area (Å²) in [6.45, 7) is 19.0. The van der Waals surface area contributed by atoms with E-state index < -0.39 is 10.8 Å². The third-order valence-electron chi connectivity index (χ3n) is 31.0. The molecular weight excluding hydrogens is 1710 g/mol. The molecule has 0 radical (unpaired) electrons. The topological polar surface area (TPSA) is 24.9 Å². The summed E-state index contributed by atoms with van der Waals surface area (Å²) in [6, 6.07) is 179. The summed E-state index contributed by atoms with van der Waals surface area (Å²) in [5.74, 6) is 3.59. The Kier molecular flexibility index (Phi) is 23.1. The molecule has 20 aromatic rings. The van der Waals surface area contributed by atoms with Crippen LogP contribution < -0.4 is 19.3 Å². The van der Waals surface area contributed by atoms with E-state index in [1.165, 1.54) is 167 Å². The maximum Gasteiger partial charge on any atom is 0.127 e. The van der Waals surface area contributed by atoms with Crippen LogP contribution in [0.25, 0.3) is 89.0 Å². The summed E-state index contributed by atoms with van der Waals surface area (Å²) >= 11 is 0. The van der Waals surface area contributed by atoms with Gasteiger partial charge in [0.05, 0.1) is 10.8 Å². The van der Waals surface area contributed by atoms with Crippen LogP contribution in [0.1, 0.15) is 164 Å². The number of fused-ring (bicyclic) bond motifs is 12. The van der Waals surface area contributed by atoms with E-state index in [9.17, 15) is 0 Å². The van der Waals surface area contributed by atoms with Crippen LogP contribution in [-0.2, 0) is 28.3 Å². The molecule has 0 N–H and O–H groups in total. The average Bonchev–Trinajstić information content (AvgIpc) is 1.54. The third kappa shape index (κ3) is 15.8. The zero-order chi connectivity index (χ0) is 95.5. The third-order valence-corrected chi connectivity index (χ3v) is 31.0. The first-order valence-corrected chi connectivity index (χ1v) is 50.0.